The standard InChI is InChI=1S/C9H11F3N2S/c1-14(5-6-2-3-6)8-13-4-7(15-8)9(10,11)12/h4,6H,2-3,5H2,1H3. The van der Waals surface area contributed by atoms with E-state index in [1.165, 1.54) is 12.8 Å². The van der Waals surface area contributed by atoms with Crippen LogP contribution < -0.4 is 4.90 Å². The van der Waals surface area contributed by atoms with Gasteiger partial charge in [0.15, 0.2) is 5.13 Å². The van der Waals surface area contributed by atoms with Crippen molar-refractivity contribution in [2.24, 2.45) is 5.92 Å². The molecule has 1 aromatic rings. The van der Waals surface area contributed by atoms with Gasteiger partial charge in [0, 0.05) is 13.6 Å². The molecular weight excluding hydrogens is 225 g/mol. The molecule has 0 amide bonds. The van der Waals surface area contributed by atoms with Crippen LogP contribution >= 0.6 is 11.3 Å². The largest absolute Gasteiger partial charge is 0.427 e. The van der Waals surface area contributed by atoms with Gasteiger partial charge in [-0.05, 0) is 18.8 Å². The zero-order valence-corrected chi connectivity index (χ0v) is 9.03. The Morgan fingerprint density at radius 2 is 2.20 bits per heavy atom. The zero-order chi connectivity index (χ0) is 11.1. The molecule has 84 valence electrons. The van der Waals surface area contributed by atoms with Crippen LogP contribution in [0, 0.1) is 5.92 Å². The molecule has 15 heavy (non-hydrogen) atoms. The number of hydrogen-bond acceptors (Lipinski definition) is 3. The number of alkyl halides is 3. The van der Waals surface area contributed by atoms with E-state index in [2.05, 4.69) is 4.98 Å². The van der Waals surface area contributed by atoms with Gasteiger partial charge in [0.2, 0.25) is 0 Å². The lowest BCUT2D eigenvalue weighted by molar-refractivity contribution is -0.134. The van der Waals surface area contributed by atoms with E-state index in [4.69, 9.17) is 0 Å². The third kappa shape index (κ3) is 2.62. The van der Waals surface area contributed by atoms with Crippen LogP contribution in [0.3, 0.4) is 0 Å². The molecule has 2 rings (SSSR count). The number of aromatic nitrogens is 1. The van der Waals surface area contributed by atoms with E-state index in [0.29, 0.717) is 22.4 Å². The number of hydrogen-bond donors (Lipinski definition) is 0. The van der Waals surface area contributed by atoms with Gasteiger partial charge in [-0.2, -0.15) is 13.2 Å². The lowest BCUT2D eigenvalue weighted by atomic mass is 10.4. The first-order valence-electron chi connectivity index (χ1n) is 4.71. The Kier molecular flexibility index (Phi) is 2.62. The highest BCUT2D eigenvalue weighted by Gasteiger charge is 2.34. The van der Waals surface area contributed by atoms with Crippen LogP contribution in [0.4, 0.5) is 18.3 Å². The van der Waals surface area contributed by atoms with E-state index in [1.54, 1.807) is 11.9 Å². The highest BCUT2D eigenvalue weighted by Crippen LogP contribution is 2.37. The van der Waals surface area contributed by atoms with Crippen molar-refractivity contribution < 1.29 is 13.2 Å². The first-order chi connectivity index (χ1) is 6.97. The molecule has 0 unspecified atom stereocenters. The Balaban J connectivity index is 2.05. The summed E-state index contributed by atoms with van der Waals surface area (Å²) in [6.07, 6.45) is -0.997. The van der Waals surface area contributed by atoms with E-state index in [-0.39, 0.29) is 0 Å². The topological polar surface area (TPSA) is 16.1 Å². The molecular formula is C9H11F3N2S. The molecule has 6 heteroatoms. The number of anilines is 1. The molecule has 0 bridgehead atoms. The number of halogens is 3. The van der Waals surface area contributed by atoms with Gasteiger partial charge in [-0.3, -0.25) is 0 Å². The maximum atomic E-state index is 12.3. The summed E-state index contributed by atoms with van der Waals surface area (Å²) >= 11 is 0.707. The molecule has 2 nitrogen and oxygen atoms in total. The third-order valence-corrected chi connectivity index (χ3v) is 3.48. The molecule has 0 N–H and O–H groups in total. The molecule has 1 heterocycles. The smallest absolute Gasteiger partial charge is 0.351 e. The maximum Gasteiger partial charge on any atom is 0.427 e. The van der Waals surface area contributed by atoms with Crippen LogP contribution in [-0.4, -0.2) is 18.6 Å². The minimum atomic E-state index is -4.27. The van der Waals surface area contributed by atoms with Crippen LogP contribution in [0.1, 0.15) is 17.7 Å². The van der Waals surface area contributed by atoms with Gasteiger partial charge in [0.25, 0.3) is 0 Å². The molecule has 1 fully saturated rings. The van der Waals surface area contributed by atoms with Crippen molar-refractivity contribution in [1.29, 1.82) is 0 Å². The van der Waals surface area contributed by atoms with Gasteiger partial charge in [-0.1, -0.05) is 11.3 Å². The monoisotopic (exact) mass is 236 g/mol. The molecule has 0 spiro atoms. The van der Waals surface area contributed by atoms with E-state index < -0.39 is 11.1 Å². The quantitative estimate of drug-likeness (QED) is 0.802. The predicted octanol–water partition coefficient (Wildman–Crippen LogP) is 3.01. The molecule has 1 saturated carbocycles. The second kappa shape index (κ2) is 3.66. The van der Waals surface area contributed by atoms with Gasteiger partial charge in [0.05, 0.1) is 6.20 Å². The first kappa shape index (κ1) is 10.7. The van der Waals surface area contributed by atoms with E-state index in [9.17, 15) is 13.2 Å². The average Bonchev–Trinajstić information content (AvgIpc) is 2.80. The Bertz CT molecular complexity index is 343. The van der Waals surface area contributed by atoms with Crippen LogP contribution in [0.25, 0.3) is 0 Å². The second-order valence-electron chi connectivity index (χ2n) is 3.83. The van der Waals surface area contributed by atoms with E-state index in [0.717, 1.165) is 12.7 Å². The molecule has 1 aromatic heterocycles. The van der Waals surface area contributed by atoms with Crippen molar-refractivity contribution in [1.82, 2.24) is 4.98 Å². The molecule has 1 aliphatic rings. The summed E-state index contributed by atoms with van der Waals surface area (Å²) in [7, 11) is 1.79. The highest BCUT2D eigenvalue weighted by atomic mass is 32.1. The molecule has 0 aromatic carbocycles. The summed E-state index contributed by atoms with van der Waals surface area (Å²) in [5.74, 6) is 0.647. The fourth-order valence-electron chi connectivity index (χ4n) is 1.34. The SMILES string of the molecule is CN(CC1CC1)c1ncc(C(F)(F)F)s1. The molecule has 0 atom stereocenters. The Morgan fingerprint density at radius 1 is 1.53 bits per heavy atom. The van der Waals surface area contributed by atoms with Crippen LogP contribution in [0.15, 0.2) is 6.20 Å². The molecule has 1 aliphatic carbocycles. The maximum absolute atomic E-state index is 12.3. The van der Waals surface area contributed by atoms with Gasteiger partial charge < -0.3 is 4.90 Å². The summed E-state index contributed by atoms with van der Waals surface area (Å²) in [6.45, 7) is 0.810. The van der Waals surface area contributed by atoms with Crippen LogP contribution in [-0.2, 0) is 6.18 Å². The number of thiazole rings is 1. The van der Waals surface area contributed by atoms with Crippen molar-refractivity contribution in [2.75, 3.05) is 18.5 Å². The van der Waals surface area contributed by atoms with Gasteiger partial charge in [-0.15, -0.1) is 0 Å². The zero-order valence-electron chi connectivity index (χ0n) is 8.21. The molecule has 0 saturated heterocycles. The van der Waals surface area contributed by atoms with Crippen molar-refractivity contribution in [3.8, 4) is 0 Å². The average molecular weight is 236 g/mol. The third-order valence-electron chi connectivity index (χ3n) is 2.33. The fourth-order valence-corrected chi connectivity index (χ4v) is 2.09. The minimum absolute atomic E-state index is 0.453. The summed E-state index contributed by atoms with van der Waals surface area (Å²) in [6, 6.07) is 0. The van der Waals surface area contributed by atoms with Crippen molar-refractivity contribution in [2.45, 2.75) is 19.0 Å². The van der Waals surface area contributed by atoms with Crippen molar-refractivity contribution in [3.63, 3.8) is 0 Å². The van der Waals surface area contributed by atoms with E-state index in [1.807, 2.05) is 0 Å². The number of rotatable bonds is 3. The highest BCUT2D eigenvalue weighted by molar-refractivity contribution is 7.15. The van der Waals surface area contributed by atoms with Crippen molar-refractivity contribution >= 4 is 16.5 Å². The Hall–Kier alpha value is -0.780. The lowest BCUT2D eigenvalue weighted by Gasteiger charge is -2.14. The molecule has 0 radical (unpaired) electrons. The Labute approximate surface area is 89.7 Å². The predicted molar refractivity (Wildman–Crippen MR) is 53.1 cm³/mol. The minimum Gasteiger partial charge on any atom is -0.351 e. The first-order valence-corrected chi connectivity index (χ1v) is 5.52. The summed E-state index contributed by atoms with van der Waals surface area (Å²) < 4.78 is 36.9. The summed E-state index contributed by atoms with van der Waals surface area (Å²) in [4.78, 5) is 4.97. The van der Waals surface area contributed by atoms with Gasteiger partial charge in [-0.25, -0.2) is 4.98 Å². The summed E-state index contributed by atoms with van der Waals surface area (Å²) in [5.41, 5.74) is 0. The van der Waals surface area contributed by atoms with Crippen LogP contribution in [0.2, 0.25) is 0 Å². The lowest BCUT2D eigenvalue weighted by Crippen LogP contribution is -2.19. The van der Waals surface area contributed by atoms with E-state index >= 15 is 0 Å². The van der Waals surface area contributed by atoms with Gasteiger partial charge in [0.1, 0.15) is 4.88 Å². The second-order valence-corrected chi connectivity index (χ2v) is 4.84. The summed E-state index contributed by atoms with van der Waals surface area (Å²) in [5, 5.41) is 0.453. The fraction of sp³-hybridized carbons (Fsp3) is 0.667. The van der Waals surface area contributed by atoms with Crippen LogP contribution in [0.5, 0.6) is 0 Å². The van der Waals surface area contributed by atoms with Crippen molar-refractivity contribution in [3.05, 3.63) is 11.1 Å². The molecule has 0 aliphatic heterocycles. The number of nitrogens with zero attached hydrogens (tertiary/aromatic N) is 2. The van der Waals surface area contributed by atoms with Gasteiger partial charge >= 0.3 is 6.18 Å². The Morgan fingerprint density at radius 3 is 2.67 bits per heavy atom. The normalized spacial score (nSPS) is 16.8.